The second-order valence-electron chi connectivity index (χ2n) is 2.37. The average Bonchev–Trinajstić information content (AvgIpc) is 2.03. The average molecular weight is 202 g/mol. The molecule has 1 N–H and O–H groups in total. The van der Waals surface area contributed by atoms with E-state index in [4.69, 9.17) is 9.84 Å². The van der Waals surface area contributed by atoms with Gasteiger partial charge in [0.15, 0.2) is 0 Å². The summed E-state index contributed by atoms with van der Waals surface area (Å²) in [6.45, 7) is 3.95. The zero-order valence-corrected chi connectivity index (χ0v) is 8.28. The van der Waals surface area contributed by atoms with Crippen molar-refractivity contribution in [3.8, 4) is 0 Å². The van der Waals surface area contributed by atoms with E-state index in [9.17, 15) is 9.59 Å². The summed E-state index contributed by atoms with van der Waals surface area (Å²) in [7, 11) is 0. The molecule has 0 aliphatic carbocycles. The first-order chi connectivity index (χ1) is 6.60. The Kier molecular flexibility index (Phi) is 6.19. The summed E-state index contributed by atoms with van der Waals surface area (Å²) >= 11 is 0. The molecule has 0 aliphatic rings. The highest BCUT2D eigenvalue weighted by molar-refractivity contribution is 5.83. The van der Waals surface area contributed by atoms with Crippen molar-refractivity contribution in [2.24, 2.45) is 0 Å². The molecule has 0 fully saturated rings. The fraction of sp³-hybridized carbons (Fsp3) is 0.556. The third-order valence-electron chi connectivity index (χ3n) is 1.22. The van der Waals surface area contributed by atoms with Crippen molar-refractivity contribution in [3.63, 3.8) is 0 Å². The lowest BCUT2D eigenvalue weighted by Gasteiger charge is -2.05. The van der Waals surface area contributed by atoms with E-state index in [1.807, 2.05) is 0 Å². The van der Waals surface area contributed by atoms with Gasteiger partial charge in [-0.25, -0.2) is 4.79 Å². The van der Waals surface area contributed by atoms with Crippen LogP contribution in [0.5, 0.6) is 0 Å². The number of aliphatic carboxylic acids is 1. The Balaban J connectivity index is 4.30. The maximum Gasteiger partial charge on any atom is 0.334 e. The first kappa shape index (κ1) is 12.5. The summed E-state index contributed by atoms with van der Waals surface area (Å²) in [4.78, 5) is 21.3. The van der Waals surface area contributed by atoms with E-state index in [1.54, 1.807) is 13.8 Å². The maximum atomic E-state index is 10.9. The summed E-state index contributed by atoms with van der Waals surface area (Å²) in [5.74, 6) is -1.52. The fourth-order valence-corrected chi connectivity index (χ4v) is 0.794. The van der Waals surface area contributed by atoms with Crippen LogP contribution in [-0.2, 0) is 19.1 Å². The molecule has 0 atom stereocenters. The Morgan fingerprint density at radius 3 is 2.21 bits per heavy atom. The predicted octanol–water partition coefficient (Wildman–Crippen LogP) is 0.945. The van der Waals surface area contributed by atoms with Crippen molar-refractivity contribution in [2.75, 3.05) is 13.2 Å². The van der Waals surface area contributed by atoms with Crippen LogP contribution in [-0.4, -0.2) is 30.3 Å². The lowest BCUT2D eigenvalue weighted by atomic mass is 10.3. The van der Waals surface area contributed by atoms with Gasteiger partial charge in [-0.3, -0.25) is 4.79 Å². The molecule has 0 rings (SSSR count). The molecule has 5 heteroatoms. The molecule has 14 heavy (non-hydrogen) atoms. The van der Waals surface area contributed by atoms with Gasteiger partial charge < -0.3 is 14.6 Å². The maximum absolute atomic E-state index is 10.9. The Morgan fingerprint density at radius 2 is 1.79 bits per heavy atom. The van der Waals surface area contributed by atoms with Crippen molar-refractivity contribution < 1.29 is 24.2 Å². The van der Waals surface area contributed by atoms with Crippen LogP contribution in [0.1, 0.15) is 20.3 Å². The topological polar surface area (TPSA) is 72.8 Å². The van der Waals surface area contributed by atoms with Gasteiger partial charge in [0.25, 0.3) is 0 Å². The Labute approximate surface area is 82.3 Å². The van der Waals surface area contributed by atoms with Gasteiger partial charge >= 0.3 is 11.9 Å². The number of ether oxygens (including phenoxy) is 2. The Morgan fingerprint density at radius 1 is 1.21 bits per heavy atom. The molecular weight excluding hydrogens is 188 g/mol. The highest BCUT2D eigenvalue weighted by Crippen LogP contribution is 2.04. The van der Waals surface area contributed by atoms with Crippen LogP contribution in [0, 0.1) is 0 Å². The zero-order valence-electron chi connectivity index (χ0n) is 8.28. The van der Waals surface area contributed by atoms with Gasteiger partial charge in [-0.05, 0) is 13.8 Å². The van der Waals surface area contributed by atoms with Crippen molar-refractivity contribution in [3.05, 3.63) is 11.8 Å². The number of carboxylic acids is 1. The molecule has 0 aromatic rings. The fourth-order valence-electron chi connectivity index (χ4n) is 0.794. The molecule has 5 nitrogen and oxygen atoms in total. The normalized spacial score (nSPS) is 10.9. The van der Waals surface area contributed by atoms with Crippen LogP contribution in [0.25, 0.3) is 0 Å². The van der Waals surface area contributed by atoms with E-state index in [-0.39, 0.29) is 18.8 Å². The van der Waals surface area contributed by atoms with E-state index in [0.717, 1.165) is 6.08 Å². The quantitative estimate of drug-likeness (QED) is 0.394. The van der Waals surface area contributed by atoms with E-state index in [1.165, 1.54) is 0 Å². The number of carboxylic acid groups (broad SMARTS) is 1. The highest BCUT2D eigenvalue weighted by Gasteiger charge is 2.07. The summed E-state index contributed by atoms with van der Waals surface area (Å²) in [6.07, 6.45) is 0.744. The molecule has 0 aromatic carbocycles. The van der Waals surface area contributed by atoms with E-state index < -0.39 is 11.9 Å². The zero-order chi connectivity index (χ0) is 11.0. The highest BCUT2D eigenvalue weighted by atomic mass is 16.5. The first-order valence-electron chi connectivity index (χ1n) is 4.32. The van der Waals surface area contributed by atoms with Crippen LogP contribution in [0.15, 0.2) is 11.8 Å². The summed E-state index contributed by atoms with van der Waals surface area (Å²) in [6, 6.07) is 0. The Bertz CT molecular complexity index is 231. The molecule has 0 amide bonds. The SMILES string of the molecule is CCOC(=O)C=C(CC(=O)O)OCC. The van der Waals surface area contributed by atoms with E-state index in [2.05, 4.69) is 4.74 Å². The van der Waals surface area contributed by atoms with Gasteiger partial charge in [0.1, 0.15) is 12.2 Å². The van der Waals surface area contributed by atoms with E-state index in [0.29, 0.717) is 6.61 Å². The summed E-state index contributed by atoms with van der Waals surface area (Å²) < 4.78 is 9.56. The van der Waals surface area contributed by atoms with Crippen molar-refractivity contribution >= 4 is 11.9 Å². The molecule has 0 saturated heterocycles. The lowest BCUT2D eigenvalue weighted by Crippen LogP contribution is -2.06. The smallest absolute Gasteiger partial charge is 0.334 e. The van der Waals surface area contributed by atoms with Gasteiger partial charge in [-0.2, -0.15) is 0 Å². The second-order valence-corrected chi connectivity index (χ2v) is 2.37. The molecule has 0 bridgehead atoms. The molecule has 0 spiro atoms. The summed E-state index contributed by atoms with van der Waals surface area (Å²) in [5.41, 5.74) is 0. The minimum Gasteiger partial charge on any atom is -0.497 e. The molecule has 0 aliphatic heterocycles. The van der Waals surface area contributed by atoms with Crippen LogP contribution in [0.4, 0.5) is 0 Å². The minimum atomic E-state index is -1.05. The molecule has 80 valence electrons. The monoisotopic (exact) mass is 202 g/mol. The van der Waals surface area contributed by atoms with E-state index >= 15 is 0 Å². The van der Waals surface area contributed by atoms with Crippen molar-refractivity contribution in [1.82, 2.24) is 0 Å². The number of hydrogen-bond acceptors (Lipinski definition) is 4. The number of carbonyl (C=O) groups is 2. The lowest BCUT2D eigenvalue weighted by molar-refractivity contribution is -0.137. The van der Waals surface area contributed by atoms with Crippen LogP contribution in [0.3, 0.4) is 0 Å². The first-order valence-corrected chi connectivity index (χ1v) is 4.32. The largest absolute Gasteiger partial charge is 0.497 e. The molecule has 0 heterocycles. The van der Waals surface area contributed by atoms with Gasteiger partial charge in [0.2, 0.25) is 0 Å². The third-order valence-corrected chi connectivity index (χ3v) is 1.22. The number of rotatable bonds is 6. The molecule has 0 aromatic heterocycles. The van der Waals surface area contributed by atoms with Gasteiger partial charge in [-0.1, -0.05) is 0 Å². The predicted molar refractivity (Wildman–Crippen MR) is 48.6 cm³/mol. The van der Waals surface area contributed by atoms with Gasteiger partial charge in [-0.15, -0.1) is 0 Å². The van der Waals surface area contributed by atoms with Crippen molar-refractivity contribution in [1.29, 1.82) is 0 Å². The Hall–Kier alpha value is -1.52. The number of esters is 1. The van der Waals surface area contributed by atoms with Crippen molar-refractivity contribution in [2.45, 2.75) is 20.3 Å². The van der Waals surface area contributed by atoms with Crippen LogP contribution in [0.2, 0.25) is 0 Å². The van der Waals surface area contributed by atoms with Gasteiger partial charge in [0.05, 0.1) is 19.3 Å². The molecule has 0 unspecified atom stereocenters. The molecule has 0 radical (unpaired) electrons. The number of hydrogen-bond donors (Lipinski definition) is 1. The number of carbonyl (C=O) groups excluding carboxylic acids is 1. The van der Waals surface area contributed by atoms with Gasteiger partial charge in [0, 0.05) is 0 Å². The minimum absolute atomic E-state index is 0.110. The van der Waals surface area contributed by atoms with Crippen LogP contribution >= 0.6 is 0 Å². The van der Waals surface area contributed by atoms with Crippen LogP contribution < -0.4 is 0 Å². The molecule has 0 saturated carbocycles. The third kappa shape index (κ3) is 6.05. The molecular formula is C9H14O5. The summed E-state index contributed by atoms with van der Waals surface area (Å²) in [5, 5.41) is 8.48. The standard InChI is InChI=1S/C9H14O5/c1-3-13-7(5-8(10)11)6-9(12)14-4-2/h6H,3-5H2,1-2H3,(H,10,11). The second kappa shape index (κ2) is 6.94.